The highest BCUT2D eigenvalue weighted by atomic mass is 16.4. The van der Waals surface area contributed by atoms with Crippen LogP contribution in [0.15, 0.2) is 33.5 Å². The van der Waals surface area contributed by atoms with Crippen molar-refractivity contribution in [3.63, 3.8) is 0 Å². The highest BCUT2D eigenvalue weighted by Crippen LogP contribution is 2.11. The summed E-state index contributed by atoms with van der Waals surface area (Å²) in [6.07, 6.45) is 0. The van der Waals surface area contributed by atoms with E-state index in [1.165, 1.54) is 4.57 Å². The average molecular weight is 262 g/mol. The molecule has 0 spiro atoms. The summed E-state index contributed by atoms with van der Waals surface area (Å²) in [4.78, 5) is 25.4. The molecular weight excluding hydrogens is 244 g/mol. The van der Waals surface area contributed by atoms with E-state index in [2.05, 4.69) is 0 Å². The average Bonchev–Trinajstić information content (AvgIpc) is 2.65. The molecule has 0 aliphatic heterocycles. The van der Waals surface area contributed by atoms with E-state index in [-0.39, 0.29) is 12.5 Å². The summed E-state index contributed by atoms with van der Waals surface area (Å²) in [5.74, 6) is -0.193. The number of rotatable bonds is 4. The van der Waals surface area contributed by atoms with Crippen molar-refractivity contribution in [2.75, 3.05) is 13.6 Å². The lowest BCUT2D eigenvalue weighted by molar-refractivity contribution is -0.131. The van der Waals surface area contributed by atoms with Gasteiger partial charge in [-0.15, -0.1) is 0 Å². The fourth-order valence-corrected chi connectivity index (χ4v) is 2.07. The monoisotopic (exact) mass is 262 g/mol. The number of benzene rings is 1. The normalized spacial score (nSPS) is 11.2. The Morgan fingerprint density at radius 3 is 2.74 bits per heavy atom. The van der Waals surface area contributed by atoms with Crippen LogP contribution in [0.2, 0.25) is 0 Å². The van der Waals surface area contributed by atoms with Crippen LogP contribution in [-0.4, -0.2) is 29.0 Å². The second kappa shape index (κ2) is 5.30. The maximum Gasteiger partial charge on any atom is 0.420 e. The Morgan fingerprint density at radius 1 is 1.37 bits per heavy atom. The summed E-state index contributed by atoms with van der Waals surface area (Å²) < 4.78 is 6.47. The van der Waals surface area contributed by atoms with Crippen LogP contribution in [0.3, 0.4) is 0 Å². The number of likely N-dealkylation sites (N-methyl/N-ethyl adjacent to an activating group) is 1. The Hall–Kier alpha value is -2.04. The molecule has 1 aromatic carbocycles. The smallest absolute Gasteiger partial charge is 0.408 e. The number of amides is 1. The Labute approximate surface area is 111 Å². The molecule has 0 N–H and O–H groups in total. The minimum absolute atomic E-state index is 0.0130. The van der Waals surface area contributed by atoms with Crippen molar-refractivity contribution in [3.8, 4) is 0 Å². The summed E-state index contributed by atoms with van der Waals surface area (Å²) in [5, 5.41) is 0. The van der Waals surface area contributed by atoms with Gasteiger partial charge in [-0.05, 0) is 18.1 Å². The zero-order chi connectivity index (χ0) is 14.0. The SMILES string of the molecule is CC(C)CN(C)C(=O)Cn1c(=O)oc2ccccc21. The Balaban J connectivity index is 2.24. The van der Waals surface area contributed by atoms with Gasteiger partial charge >= 0.3 is 5.76 Å². The minimum atomic E-state index is -0.493. The van der Waals surface area contributed by atoms with Crippen LogP contribution in [0.1, 0.15) is 13.8 Å². The van der Waals surface area contributed by atoms with Gasteiger partial charge in [0.2, 0.25) is 5.91 Å². The molecule has 19 heavy (non-hydrogen) atoms. The molecule has 1 aromatic heterocycles. The van der Waals surface area contributed by atoms with Crippen LogP contribution in [0.4, 0.5) is 0 Å². The van der Waals surface area contributed by atoms with E-state index >= 15 is 0 Å². The fourth-order valence-electron chi connectivity index (χ4n) is 2.07. The highest BCUT2D eigenvalue weighted by Gasteiger charge is 2.15. The largest absolute Gasteiger partial charge is 0.420 e. The van der Waals surface area contributed by atoms with Gasteiger partial charge in [0.1, 0.15) is 6.54 Å². The fraction of sp³-hybridized carbons (Fsp3) is 0.429. The van der Waals surface area contributed by atoms with Crippen LogP contribution in [0.5, 0.6) is 0 Å². The number of hydrogen-bond acceptors (Lipinski definition) is 3. The van der Waals surface area contributed by atoms with Crippen molar-refractivity contribution in [1.82, 2.24) is 9.47 Å². The van der Waals surface area contributed by atoms with Crippen LogP contribution in [0, 0.1) is 5.92 Å². The summed E-state index contributed by atoms with van der Waals surface area (Å²) in [6, 6.07) is 7.10. The Bertz CT molecular complexity index is 639. The second-order valence-electron chi connectivity index (χ2n) is 5.09. The summed E-state index contributed by atoms with van der Waals surface area (Å²) >= 11 is 0. The third-order valence-corrected chi connectivity index (χ3v) is 2.93. The van der Waals surface area contributed by atoms with Gasteiger partial charge in [0.15, 0.2) is 5.58 Å². The van der Waals surface area contributed by atoms with E-state index < -0.39 is 5.76 Å². The van der Waals surface area contributed by atoms with Crippen molar-refractivity contribution in [2.24, 2.45) is 5.92 Å². The number of hydrogen-bond donors (Lipinski definition) is 0. The summed E-state index contributed by atoms with van der Waals surface area (Å²) in [6.45, 7) is 4.77. The van der Waals surface area contributed by atoms with E-state index in [9.17, 15) is 9.59 Å². The van der Waals surface area contributed by atoms with Crippen molar-refractivity contribution in [1.29, 1.82) is 0 Å². The first-order valence-electron chi connectivity index (χ1n) is 6.31. The van der Waals surface area contributed by atoms with Crippen molar-refractivity contribution in [2.45, 2.75) is 20.4 Å². The molecular formula is C14H18N2O3. The molecule has 0 fully saturated rings. The molecule has 0 aliphatic rings. The molecule has 0 saturated heterocycles. The lowest BCUT2D eigenvalue weighted by atomic mass is 10.2. The van der Waals surface area contributed by atoms with Gasteiger partial charge in [-0.2, -0.15) is 0 Å². The zero-order valence-electron chi connectivity index (χ0n) is 11.4. The summed E-state index contributed by atoms with van der Waals surface area (Å²) in [7, 11) is 1.75. The van der Waals surface area contributed by atoms with Gasteiger partial charge < -0.3 is 9.32 Å². The molecule has 2 aromatic rings. The molecule has 0 radical (unpaired) electrons. The van der Waals surface area contributed by atoms with E-state index in [1.54, 1.807) is 30.1 Å². The van der Waals surface area contributed by atoms with E-state index in [4.69, 9.17) is 4.42 Å². The van der Waals surface area contributed by atoms with Gasteiger partial charge in [-0.3, -0.25) is 9.36 Å². The molecule has 5 nitrogen and oxygen atoms in total. The molecule has 0 bridgehead atoms. The Kier molecular flexibility index (Phi) is 3.74. The number of para-hydroxylation sites is 2. The molecule has 0 atom stereocenters. The number of aromatic nitrogens is 1. The molecule has 1 heterocycles. The predicted octanol–water partition coefficient (Wildman–Crippen LogP) is 1.71. The van der Waals surface area contributed by atoms with Gasteiger partial charge in [0, 0.05) is 13.6 Å². The van der Waals surface area contributed by atoms with E-state index in [0.717, 1.165) is 0 Å². The lowest BCUT2D eigenvalue weighted by Crippen LogP contribution is -2.35. The minimum Gasteiger partial charge on any atom is -0.408 e. The topological polar surface area (TPSA) is 55.5 Å². The number of oxazole rings is 1. The van der Waals surface area contributed by atoms with Crippen molar-refractivity contribution < 1.29 is 9.21 Å². The molecule has 5 heteroatoms. The zero-order valence-corrected chi connectivity index (χ0v) is 11.4. The predicted molar refractivity (Wildman–Crippen MR) is 72.9 cm³/mol. The maximum absolute atomic E-state index is 12.1. The number of nitrogens with zero attached hydrogens (tertiary/aromatic N) is 2. The van der Waals surface area contributed by atoms with E-state index in [0.29, 0.717) is 23.6 Å². The maximum atomic E-state index is 12.1. The lowest BCUT2D eigenvalue weighted by Gasteiger charge is -2.19. The van der Waals surface area contributed by atoms with Gasteiger partial charge in [0.05, 0.1) is 5.52 Å². The molecule has 0 unspecified atom stereocenters. The van der Waals surface area contributed by atoms with Crippen molar-refractivity contribution in [3.05, 3.63) is 34.8 Å². The van der Waals surface area contributed by atoms with Crippen LogP contribution >= 0.6 is 0 Å². The van der Waals surface area contributed by atoms with Gasteiger partial charge in [-0.25, -0.2) is 4.79 Å². The number of carbonyl (C=O) groups excluding carboxylic acids is 1. The molecule has 1 amide bonds. The molecule has 2 rings (SSSR count). The van der Waals surface area contributed by atoms with Gasteiger partial charge in [0.25, 0.3) is 0 Å². The van der Waals surface area contributed by atoms with Crippen molar-refractivity contribution >= 4 is 17.0 Å². The third-order valence-electron chi connectivity index (χ3n) is 2.93. The first-order chi connectivity index (χ1) is 8.99. The second-order valence-corrected chi connectivity index (χ2v) is 5.09. The highest BCUT2D eigenvalue weighted by molar-refractivity contribution is 5.79. The first-order valence-corrected chi connectivity index (χ1v) is 6.31. The summed E-state index contributed by atoms with van der Waals surface area (Å²) in [5.41, 5.74) is 1.16. The quantitative estimate of drug-likeness (QED) is 0.842. The number of carbonyl (C=O) groups is 1. The van der Waals surface area contributed by atoms with Crippen LogP contribution < -0.4 is 5.76 Å². The van der Waals surface area contributed by atoms with Gasteiger partial charge in [-0.1, -0.05) is 26.0 Å². The molecule has 102 valence electrons. The number of fused-ring (bicyclic) bond motifs is 1. The van der Waals surface area contributed by atoms with Crippen LogP contribution in [-0.2, 0) is 11.3 Å². The Morgan fingerprint density at radius 2 is 2.05 bits per heavy atom. The molecule has 0 saturated carbocycles. The van der Waals surface area contributed by atoms with Crippen LogP contribution in [0.25, 0.3) is 11.1 Å². The molecule has 0 aliphatic carbocycles. The standard InChI is InChI=1S/C14H18N2O3/c1-10(2)8-15(3)13(17)9-16-11-6-4-5-7-12(11)19-14(16)18/h4-7,10H,8-9H2,1-3H3. The van der Waals surface area contributed by atoms with E-state index in [1.807, 2.05) is 19.9 Å². The third kappa shape index (κ3) is 2.86. The first kappa shape index (κ1) is 13.4.